The second-order valence-electron chi connectivity index (χ2n) is 4.80. The van der Waals surface area contributed by atoms with Crippen LogP contribution in [0.3, 0.4) is 0 Å². The summed E-state index contributed by atoms with van der Waals surface area (Å²) < 4.78 is 0.935. The molecule has 1 heterocycles. The molecule has 0 radical (unpaired) electrons. The zero-order valence-corrected chi connectivity index (χ0v) is 15.1. The van der Waals surface area contributed by atoms with Crippen LogP contribution in [0.5, 0.6) is 0 Å². The maximum atomic E-state index is 6.17. The third-order valence-corrected chi connectivity index (χ3v) is 5.33. The van der Waals surface area contributed by atoms with Crippen molar-refractivity contribution in [3.8, 4) is 0 Å². The summed E-state index contributed by atoms with van der Waals surface area (Å²) in [4.78, 5) is 5.99. The van der Waals surface area contributed by atoms with Crippen molar-refractivity contribution in [3.63, 3.8) is 0 Å². The van der Waals surface area contributed by atoms with Crippen LogP contribution in [0.15, 0.2) is 22.7 Å². The number of hydrogen-bond donors (Lipinski definition) is 2. The van der Waals surface area contributed by atoms with Crippen LogP contribution in [0.2, 0.25) is 5.02 Å². The van der Waals surface area contributed by atoms with Gasteiger partial charge in [-0.25, -0.2) is 4.98 Å². The van der Waals surface area contributed by atoms with Gasteiger partial charge in [-0.05, 0) is 56.1 Å². The van der Waals surface area contributed by atoms with Crippen molar-refractivity contribution < 1.29 is 0 Å². The molecule has 7 heteroatoms. The molecule has 0 aliphatic heterocycles. The van der Waals surface area contributed by atoms with Gasteiger partial charge in [0.25, 0.3) is 0 Å². The van der Waals surface area contributed by atoms with Crippen molar-refractivity contribution in [2.75, 3.05) is 10.6 Å². The van der Waals surface area contributed by atoms with Gasteiger partial charge < -0.3 is 10.6 Å². The zero-order valence-electron chi connectivity index (χ0n) is 11.1. The normalized spacial score (nSPS) is 13.6. The Bertz CT molecular complexity index is 663. The number of thiazole rings is 1. The van der Waals surface area contributed by atoms with Gasteiger partial charge in [-0.1, -0.05) is 27.5 Å². The number of halogens is 2. The summed E-state index contributed by atoms with van der Waals surface area (Å²) in [5, 5.41) is 8.22. The summed E-state index contributed by atoms with van der Waals surface area (Å²) in [7, 11) is 0. The van der Waals surface area contributed by atoms with Crippen LogP contribution in [-0.4, -0.2) is 10.1 Å². The van der Waals surface area contributed by atoms with Crippen molar-refractivity contribution in [1.29, 1.82) is 0 Å². The van der Waals surface area contributed by atoms with Gasteiger partial charge in [-0.3, -0.25) is 0 Å². The highest BCUT2D eigenvalue weighted by Gasteiger charge is 2.15. The number of aryl methyl sites for hydroxylation is 2. The Balaban J connectivity index is 1.67. The lowest BCUT2D eigenvalue weighted by Crippen LogP contribution is -2.19. The molecule has 0 spiro atoms. The molecule has 1 aliphatic carbocycles. The van der Waals surface area contributed by atoms with E-state index in [-0.39, 0.29) is 0 Å². The van der Waals surface area contributed by atoms with E-state index < -0.39 is 0 Å². The van der Waals surface area contributed by atoms with Crippen molar-refractivity contribution >= 4 is 67.0 Å². The molecule has 2 aromatic rings. The average molecular weight is 403 g/mol. The van der Waals surface area contributed by atoms with Crippen LogP contribution in [0, 0.1) is 0 Å². The standard InChI is InChI=1S/C14H13BrClN3S2/c15-8-5-6-10(9(16)7-8)17-13(20)19-14-18-11-3-1-2-4-12(11)21-14/h5-7H,1-4H2,(H2,17,18,19,20). The largest absolute Gasteiger partial charge is 0.331 e. The summed E-state index contributed by atoms with van der Waals surface area (Å²) >= 11 is 16.6. The highest BCUT2D eigenvalue weighted by Crippen LogP contribution is 2.30. The number of anilines is 2. The van der Waals surface area contributed by atoms with Crippen LogP contribution in [0.25, 0.3) is 0 Å². The molecule has 21 heavy (non-hydrogen) atoms. The van der Waals surface area contributed by atoms with Crippen LogP contribution in [0.4, 0.5) is 10.8 Å². The monoisotopic (exact) mass is 401 g/mol. The van der Waals surface area contributed by atoms with Crippen LogP contribution >= 0.6 is 51.1 Å². The topological polar surface area (TPSA) is 37.0 Å². The van der Waals surface area contributed by atoms with Gasteiger partial charge in [0, 0.05) is 9.35 Å². The molecular weight excluding hydrogens is 390 g/mol. The highest BCUT2D eigenvalue weighted by atomic mass is 79.9. The smallest absolute Gasteiger partial charge is 0.189 e. The molecule has 2 N–H and O–H groups in total. The maximum Gasteiger partial charge on any atom is 0.189 e. The van der Waals surface area contributed by atoms with Crippen molar-refractivity contribution in [3.05, 3.63) is 38.3 Å². The number of rotatable bonds is 2. The van der Waals surface area contributed by atoms with Crippen molar-refractivity contribution in [1.82, 2.24) is 4.98 Å². The van der Waals surface area contributed by atoms with E-state index in [9.17, 15) is 0 Å². The van der Waals surface area contributed by atoms with Crippen LogP contribution in [0.1, 0.15) is 23.4 Å². The maximum absolute atomic E-state index is 6.17. The summed E-state index contributed by atoms with van der Waals surface area (Å²) in [5.74, 6) is 0. The van der Waals surface area contributed by atoms with Gasteiger partial charge in [0.2, 0.25) is 0 Å². The lowest BCUT2D eigenvalue weighted by atomic mass is 10.0. The number of nitrogens with one attached hydrogen (secondary N) is 2. The molecule has 0 unspecified atom stereocenters. The van der Waals surface area contributed by atoms with Crippen molar-refractivity contribution in [2.45, 2.75) is 25.7 Å². The Kier molecular flexibility index (Phi) is 4.78. The minimum absolute atomic E-state index is 0.505. The molecule has 0 fully saturated rings. The minimum atomic E-state index is 0.505. The van der Waals surface area contributed by atoms with Crippen molar-refractivity contribution in [2.24, 2.45) is 0 Å². The molecule has 1 aromatic carbocycles. The predicted octanol–water partition coefficient (Wildman–Crippen LogP) is 5.25. The molecule has 3 nitrogen and oxygen atoms in total. The Morgan fingerprint density at radius 3 is 2.86 bits per heavy atom. The van der Waals surface area contributed by atoms with Gasteiger partial charge in [0.15, 0.2) is 10.2 Å². The van der Waals surface area contributed by atoms with E-state index in [1.165, 1.54) is 23.4 Å². The molecule has 1 aromatic heterocycles. The molecule has 0 saturated carbocycles. The van der Waals surface area contributed by atoms with Gasteiger partial charge in [-0.15, -0.1) is 11.3 Å². The Morgan fingerprint density at radius 2 is 2.10 bits per heavy atom. The first kappa shape index (κ1) is 15.2. The average Bonchev–Trinajstić information content (AvgIpc) is 2.84. The summed E-state index contributed by atoms with van der Waals surface area (Å²) in [6, 6.07) is 5.63. The SMILES string of the molecule is S=C(Nc1nc2c(s1)CCCC2)Nc1ccc(Br)cc1Cl. The van der Waals surface area contributed by atoms with E-state index in [1.54, 1.807) is 11.3 Å². The van der Waals surface area contributed by atoms with Gasteiger partial charge >= 0.3 is 0 Å². The molecule has 0 saturated heterocycles. The Labute approximate surface area is 146 Å². The molecule has 3 rings (SSSR count). The third-order valence-electron chi connectivity index (χ3n) is 3.25. The fraction of sp³-hybridized carbons (Fsp3) is 0.286. The predicted molar refractivity (Wildman–Crippen MR) is 97.8 cm³/mol. The summed E-state index contributed by atoms with van der Waals surface area (Å²) in [5.41, 5.74) is 2.00. The fourth-order valence-electron chi connectivity index (χ4n) is 2.25. The number of nitrogens with zero attached hydrogens (tertiary/aromatic N) is 1. The lowest BCUT2D eigenvalue weighted by Gasteiger charge is -2.10. The quantitative estimate of drug-likeness (QED) is 0.673. The molecular formula is C14H13BrClN3S2. The second kappa shape index (κ2) is 6.60. The van der Waals surface area contributed by atoms with E-state index in [0.717, 1.165) is 28.1 Å². The molecule has 1 aliphatic rings. The molecule has 0 bridgehead atoms. The van der Waals surface area contributed by atoms with Gasteiger partial charge in [-0.2, -0.15) is 0 Å². The van der Waals surface area contributed by atoms with Gasteiger partial charge in [0.05, 0.1) is 16.4 Å². The van der Waals surface area contributed by atoms with E-state index in [0.29, 0.717) is 10.1 Å². The van der Waals surface area contributed by atoms with Crippen LogP contribution < -0.4 is 10.6 Å². The summed E-state index contributed by atoms with van der Waals surface area (Å²) in [6.45, 7) is 0. The number of aromatic nitrogens is 1. The Morgan fingerprint density at radius 1 is 1.29 bits per heavy atom. The van der Waals surface area contributed by atoms with E-state index in [1.807, 2.05) is 18.2 Å². The lowest BCUT2D eigenvalue weighted by molar-refractivity contribution is 0.683. The second-order valence-corrected chi connectivity index (χ2v) is 7.61. The Hall–Kier alpha value is -0.690. The first-order valence-electron chi connectivity index (χ1n) is 6.63. The molecule has 0 atom stereocenters. The summed E-state index contributed by atoms with van der Waals surface area (Å²) in [6.07, 6.45) is 4.69. The first-order valence-corrected chi connectivity index (χ1v) is 9.03. The van der Waals surface area contributed by atoms with E-state index >= 15 is 0 Å². The van der Waals surface area contributed by atoms with Gasteiger partial charge in [0.1, 0.15) is 0 Å². The number of hydrogen-bond acceptors (Lipinski definition) is 3. The van der Waals surface area contributed by atoms with E-state index in [4.69, 9.17) is 23.8 Å². The molecule has 0 amide bonds. The minimum Gasteiger partial charge on any atom is -0.331 e. The highest BCUT2D eigenvalue weighted by molar-refractivity contribution is 9.10. The number of benzene rings is 1. The fourth-order valence-corrected chi connectivity index (χ4v) is 4.29. The first-order chi connectivity index (χ1) is 10.1. The van der Waals surface area contributed by atoms with Crippen LogP contribution in [-0.2, 0) is 12.8 Å². The van der Waals surface area contributed by atoms with E-state index in [2.05, 4.69) is 31.5 Å². The number of thiocarbonyl (C=S) groups is 1. The zero-order chi connectivity index (χ0) is 14.8. The third kappa shape index (κ3) is 3.74. The number of fused-ring (bicyclic) bond motifs is 1. The molecule has 110 valence electrons.